The number of hydrogen-bond acceptors (Lipinski definition) is 3. The predicted molar refractivity (Wildman–Crippen MR) is 98.3 cm³/mol. The highest BCUT2D eigenvalue weighted by Gasteiger charge is 2.33. The Bertz CT molecular complexity index is 576. The Kier molecular flexibility index (Phi) is 6.08. The fourth-order valence-corrected chi connectivity index (χ4v) is 3.96. The minimum absolute atomic E-state index is 0.104. The Hall–Kier alpha value is -1.88. The van der Waals surface area contributed by atoms with Gasteiger partial charge in [-0.3, -0.25) is 9.59 Å². The first-order valence-electron chi connectivity index (χ1n) is 9.56. The topological polar surface area (TPSA) is 52.7 Å². The van der Waals surface area contributed by atoms with E-state index in [1.807, 2.05) is 35.2 Å². The van der Waals surface area contributed by atoms with Crippen LogP contribution in [0.1, 0.15) is 43.0 Å². The van der Waals surface area contributed by atoms with E-state index in [2.05, 4.69) is 17.1 Å². The van der Waals surface area contributed by atoms with Gasteiger partial charge in [-0.1, -0.05) is 25.1 Å². The number of carbonyl (C=O) groups excluding carboxylic acids is 2. The van der Waals surface area contributed by atoms with Crippen molar-refractivity contribution in [2.45, 2.75) is 38.6 Å². The summed E-state index contributed by atoms with van der Waals surface area (Å²) in [6, 6.07) is 9.74. The van der Waals surface area contributed by atoms with Crippen LogP contribution in [0.2, 0.25) is 0 Å². The van der Waals surface area contributed by atoms with Crippen molar-refractivity contribution in [1.82, 2.24) is 15.1 Å². The zero-order chi connectivity index (χ0) is 17.6. The SMILES string of the molecule is CCCN(C(=O)C1CCNC1)C1CCN(C(=O)c2ccccc2)CC1. The van der Waals surface area contributed by atoms with Gasteiger partial charge in [-0.25, -0.2) is 0 Å². The van der Waals surface area contributed by atoms with Gasteiger partial charge in [0.1, 0.15) is 0 Å². The molecular weight excluding hydrogens is 314 g/mol. The summed E-state index contributed by atoms with van der Waals surface area (Å²) in [7, 11) is 0. The van der Waals surface area contributed by atoms with Gasteiger partial charge in [0.15, 0.2) is 0 Å². The third-order valence-electron chi connectivity index (χ3n) is 5.37. The molecule has 5 nitrogen and oxygen atoms in total. The number of rotatable bonds is 5. The second kappa shape index (κ2) is 8.48. The number of benzene rings is 1. The average Bonchev–Trinajstić information content (AvgIpc) is 3.21. The molecular formula is C20H29N3O2. The number of nitrogens with zero attached hydrogens (tertiary/aromatic N) is 2. The van der Waals surface area contributed by atoms with Crippen LogP contribution in [0.5, 0.6) is 0 Å². The largest absolute Gasteiger partial charge is 0.339 e. The van der Waals surface area contributed by atoms with Crippen molar-refractivity contribution in [3.05, 3.63) is 35.9 Å². The Morgan fingerprint density at radius 1 is 1.16 bits per heavy atom. The summed E-state index contributed by atoms with van der Waals surface area (Å²) < 4.78 is 0. The second-order valence-corrected chi connectivity index (χ2v) is 7.11. The monoisotopic (exact) mass is 343 g/mol. The van der Waals surface area contributed by atoms with Gasteiger partial charge in [-0.2, -0.15) is 0 Å². The molecule has 0 spiro atoms. The fourth-order valence-electron chi connectivity index (χ4n) is 3.96. The number of amides is 2. The average molecular weight is 343 g/mol. The van der Waals surface area contributed by atoms with Crippen molar-refractivity contribution >= 4 is 11.8 Å². The van der Waals surface area contributed by atoms with E-state index < -0.39 is 0 Å². The Balaban J connectivity index is 1.59. The molecule has 1 N–H and O–H groups in total. The van der Waals surface area contributed by atoms with Gasteiger partial charge >= 0.3 is 0 Å². The molecule has 2 heterocycles. The Morgan fingerprint density at radius 2 is 1.88 bits per heavy atom. The molecule has 0 bridgehead atoms. The van der Waals surface area contributed by atoms with Gasteiger partial charge < -0.3 is 15.1 Å². The summed E-state index contributed by atoms with van der Waals surface area (Å²) >= 11 is 0. The van der Waals surface area contributed by atoms with Gasteiger partial charge in [0.2, 0.25) is 5.91 Å². The van der Waals surface area contributed by atoms with E-state index in [1.165, 1.54) is 0 Å². The third kappa shape index (κ3) is 4.21. The molecule has 2 amide bonds. The number of carbonyl (C=O) groups is 2. The molecule has 3 rings (SSSR count). The minimum atomic E-state index is 0.104. The number of piperidine rings is 1. The molecule has 25 heavy (non-hydrogen) atoms. The van der Waals surface area contributed by atoms with E-state index in [1.54, 1.807) is 0 Å². The van der Waals surface area contributed by atoms with Crippen LogP contribution in [0.15, 0.2) is 30.3 Å². The van der Waals surface area contributed by atoms with Crippen LogP contribution in [-0.2, 0) is 4.79 Å². The summed E-state index contributed by atoms with van der Waals surface area (Å²) in [6.07, 6.45) is 3.69. The lowest BCUT2D eigenvalue weighted by molar-refractivity contribution is -0.138. The first-order valence-corrected chi connectivity index (χ1v) is 9.56. The number of likely N-dealkylation sites (tertiary alicyclic amines) is 1. The standard InChI is InChI=1S/C20H29N3O2/c1-2-12-23(20(25)17-8-11-21-15-17)18-9-13-22(14-10-18)19(24)16-6-4-3-5-7-16/h3-7,17-18,21H,2,8-15H2,1H3. The fraction of sp³-hybridized carbons (Fsp3) is 0.600. The van der Waals surface area contributed by atoms with Gasteiger partial charge in [0.05, 0.1) is 5.92 Å². The maximum absolute atomic E-state index is 12.9. The molecule has 0 saturated carbocycles. The molecule has 1 aromatic rings. The highest BCUT2D eigenvalue weighted by Crippen LogP contribution is 2.22. The molecule has 1 aromatic carbocycles. The third-order valence-corrected chi connectivity index (χ3v) is 5.37. The summed E-state index contributed by atoms with van der Waals surface area (Å²) in [5, 5.41) is 3.29. The van der Waals surface area contributed by atoms with Crippen LogP contribution in [0.3, 0.4) is 0 Å². The van der Waals surface area contributed by atoms with E-state index in [9.17, 15) is 9.59 Å². The first-order chi connectivity index (χ1) is 12.2. The second-order valence-electron chi connectivity index (χ2n) is 7.11. The molecule has 5 heteroatoms. The highest BCUT2D eigenvalue weighted by molar-refractivity contribution is 5.94. The molecule has 1 unspecified atom stereocenters. The lowest BCUT2D eigenvalue weighted by Crippen LogP contribution is -2.50. The van der Waals surface area contributed by atoms with Crippen LogP contribution in [-0.4, -0.2) is 60.4 Å². The quantitative estimate of drug-likeness (QED) is 0.891. The Labute approximate surface area is 150 Å². The van der Waals surface area contributed by atoms with E-state index in [0.29, 0.717) is 5.91 Å². The summed E-state index contributed by atoms with van der Waals surface area (Å²) in [6.45, 7) is 6.17. The summed E-state index contributed by atoms with van der Waals surface area (Å²) in [5.74, 6) is 0.544. The maximum atomic E-state index is 12.9. The minimum Gasteiger partial charge on any atom is -0.339 e. The van der Waals surface area contributed by atoms with Gasteiger partial charge in [0.25, 0.3) is 5.91 Å². The smallest absolute Gasteiger partial charge is 0.253 e. The molecule has 0 radical (unpaired) electrons. The maximum Gasteiger partial charge on any atom is 0.253 e. The molecule has 2 fully saturated rings. The number of hydrogen-bond donors (Lipinski definition) is 1. The molecule has 0 aliphatic carbocycles. The van der Waals surface area contributed by atoms with E-state index in [0.717, 1.165) is 64.0 Å². The predicted octanol–water partition coefficient (Wildman–Crippen LogP) is 2.14. The van der Waals surface area contributed by atoms with Crippen LogP contribution >= 0.6 is 0 Å². The van der Waals surface area contributed by atoms with Crippen molar-refractivity contribution in [2.75, 3.05) is 32.7 Å². The van der Waals surface area contributed by atoms with Gasteiger partial charge in [0, 0.05) is 37.8 Å². The zero-order valence-corrected chi connectivity index (χ0v) is 15.1. The first kappa shape index (κ1) is 17.9. The molecule has 2 aliphatic heterocycles. The lowest BCUT2D eigenvalue weighted by Gasteiger charge is -2.39. The molecule has 136 valence electrons. The number of nitrogens with one attached hydrogen (secondary N) is 1. The van der Waals surface area contributed by atoms with Gasteiger partial charge in [-0.05, 0) is 44.4 Å². The van der Waals surface area contributed by atoms with Crippen molar-refractivity contribution < 1.29 is 9.59 Å². The van der Waals surface area contributed by atoms with Crippen molar-refractivity contribution in [1.29, 1.82) is 0 Å². The highest BCUT2D eigenvalue weighted by atomic mass is 16.2. The van der Waals surface area contributed by atoms with Crippen molar-refractivity contribution in [3.63, 3.8) is 0 Å². The van der Waals surface area contributed by atoms with Crippen LogP contribution in [0, 0.1) is 5.92 Å². The summed E-state index contributed by atoms with van der Waals surface area (Å²) in [4.78, 5) is 29.5. The van der Waals surface area contributed by atoms with Crippen molar-refractivity contribution in [3.8, 4) is 0 Å². The van der Waals surface area contributed by atoms with E-state index in [-0.39, 0.29) is 17.9 Å². The van der Waals surface area contributed by atoms with Crippen LogP contribution in [0.4, 0.5) is 0 Å². The van der Waals surface area contributed by atoms with Crippen molar-refractivity contribution in [2.24, 2.45) is 5.92 Å². The molecule has 1 atom stereocenters. The summed E-state index contributed by atoms with van der Waals surface area (Å²) in [5.41, 5.74) is 0.750. The van der Waals surface area contributed by atoms with Gasteiger partial charge in [-0.15, -0.1) is 0 Å². The normalized spacial score (nSPS) is 21.3. The van der Waals surface area contributed by atoms with Crippen LogP contribution < -0.4 is 5.32 Å². The molecule has 2 aliphatic rings. The zero-order valence-electron chi connectivity index (χ0n) is 15.1. The van der Waals surface area contributed by atoms with Crippen LogP contribution in [0.25, 0.3) is 0 Å². The molecule has 0 aromatic heterocycles. The Morgan fingerprint density at radius 3 is 2.48 bits per heavy atom. The molecule has 2 saturated heterocycles. The van der Waals surface area contributed by atoms with E-state index in [4.69, 9.17) is 0 Å². The van der Waals surface area contributed by atoms with E-state index >= 15 is 0 Å². The lowest BCUT2D eigenvalue weighted by atomic mass is 9.99.